The van der Waals surface area contributed by atoms with Gasteiger partial charge in [-0.1, -0.05) is 5.16 Å². The highest BCUT2D eigenvalue weighted by Crippen LogP contribution is 1.98. The van der Waals surface area contributed by atoms with Crippen LogP contribution in [0.5, 0.6) is 0 Å². The van der Waals surface area contributed by atoms with Crippen LogP contribution in [-0.2, 0) is 0 Å². The summed E-state index contributed by atoms with van der Waals surface area (Å²) in [4.78, 5) is 0. The van der Waals surface area contributed by atoms with Gasteiger partial charge in [0, 0.05) is 6.07 Å². The van der Waals surface area contributed by atoms with Gasteiger partial charge in [0.2, 0.25) is 5.09 Å². The van der Waals surface area contributed by atoms with Crippen molar-refractivity contribution in [1.29, 1.82) is 0 Å². The monoisotopic (exact) mass is 100.0 g/mol. The third-order valence-corrected chi connectivity index (χ3v) is 0.625. The minimum absolute atomic E-state index is 0.440. The topological polar surface area (TPSA) is 26.0 Å². The molecule has 0 N–H and O–H groups in total. The predicted molar refractivity (Wildman–Crippen MR) is 22.4 cm³/mol. The van der Waals surface area contributed by atoms with E-state index in [2.05, 4.69) is 22.3 Å². The molecule has 2 nitrogen and oxygen atoms in total. The first kappa shape index (κ1) is 3.61. The average molecular weight is 100 g/mol. The fraction of sp³-hybridized carbons (Fsp3) is 0. The molecule has 0 unspecified atom stereocenters. The highest BCUT2D eigenvalue weighted by molar-refractivity contribution is 7.80. The second-order valence-corrected chi connectivity index (χ2v) is 1.23. The summed E-state index contributed by atoms with van der Waals surface area (Å²) in [5.74, 6) is 0. The van der Waals surface area contributed by atoms with E-state index in [1.165, 1.54) is 6.20 Å². The SMILES string of the molecule is [S]c1ccno1. The summed E-state index contributed by atoms with van der Waals surface area (Å²) in [6.07, 6.45) is 1.52. The van der Waals surface area contributed by atoms with Gasteiger partial charge in [0.15, 0.2) is 0 Å². The van der Waals surface area contributed by atoms with Crippen LogP contribution in [0.15, 0.2) is 21.9 Å². The van der Waals surface area contributed by atoms with Crippen LogP contribution in [0.3, 0.4) is 0 Å². The number of rotatable bonds is 0. The van der Waals surface area contributed by atoms with Crippen molar-refractivity contribution in [3.05, 3.63) is 12.3 Å². The van der Waals surface area contributed by atoms with Gasteiger partial charge in [-0.2, -0.15) is 0 Å². The standard InChI is InChI=1S/C3H2NOS/c6-3-1-2-4-5-3/h1-2H. The van der Waals surface area contributed by atoms with E-state index in [0.29, 0.717) is 5.09 Å². The summed E-state index contributed by atoms with van der Waals surface area (Å²) >= 11 is 4.52. The second-order valence-electron chi connectivity index (χ2n) is 0.831. The van der Waals surface area contributed by atoms with E-state index in [0.717, 1.165) is 0 Å². The maximum absolute atomic E-state index is 4.52. The highest BCUT2D eigenvalue weighted by atomic mass is 32.1. The first-order valence-electron chi connectivity index (χ1n) is 1.47. The molecular weight excluding hydrogens is 98.1 g/mol. The Labute approximate surface area is 40.6 Å². The first-order valence-corrected chi connectivity index (χ1v) is 1.88. The van der Waals surface area contributed by atoms with Gasteiger partial charge in [-0.05, 0) is 12.6 Å². The summed E-state index contributed by atoms with van der Waals surface area (Å²) in [6.45, 7) is 0. The Kier molecular flexibility index (Phi) is 0.759. The van der Waals surface area contributed by atoms with Gasteiger partial charge in [-0.3, -0.25) is 0 Å². The van der Waals surface area contributed by atoms with Crippen LogP contribution in [0.25, 0.3) is 0 Å². The maximum atomic E-state index is 4.52. The molecule has 0 aromatic carbocycles. The zero-order valence-electron chi connectivity index (χ0n) is 2.92. The molecule has 0 spiro atoms. The van der Waals surface area contributed by atoms with Crippen LogP contribution >= 0.6 is 12.6 Å². The minimum Gasteiger partial charge on any atom is -0.345 e. The molecule has 3 heteroatoms. The summed E-state index contributed by atoms with van der Waals surface area (Å²) < 4.78 is 4.40. The van der Waals surface area contributed by atoms with Crippen molar-refractivity contribution in [2.24, 2.45) is 0 Å². The predicted octanol–water partition coefficient (Wildman–Crippen LogP) is 1.23. The van der Waals surface area contributed by atoms with Crippen LogP contribution in [0.4, 0.5) is 0 Å². The third kappa shape index (κ3) is 0.490. The molecule has 0 amide bonds. The van der Waals surface area contributed by atoms with Crippen LogP contribution in [0.2, 0.25) is 0 Å². The van der Waals surface area contributed by atoms with Crippen molar-refractivity contribution in [2.45, 2.75) is 5.09 Å². The fourth-order valence-corrected chi connectivity index (χ4v) is 0.308. The molecule has 1 rings (SSSR count). The molecule has 1 radical (unpaired) electrons. The fourth-order valence-electron chi connectivity index (χ4n) is 0.204. The van der Waals surface area contributed by atoms with Gasteiger partial charge in [-0.25, -0.2) is 0 Å². The van der Waals surface area contributed by atoms with E-state index >= 15 is 0 Å². The Hall–Kier alpha value is -0.570. The minimum atomic E-state index is 0.440. The highest BCUT2D eigenvalue weighted by Gasteiger charge is 1.81. The molecule has 0 aliphatic rings. The van der Waals surface area contributed by atoms with E-state index in [9.17, 15) is 0 Å². The lowest BCUT2D eigenvalue weighted by Gasteiger charge is -1.62. The number of hydrogen-bond acceptors (Lipinski definition) is 2. The molecule has 1 heterocycles. The number of nitrogens with zero attached hydrogens (tertiary/aromatic N) is 1. The molecule has 0 saturated heterocycles. The number of aromatic nitrogens is 1. The summed E-state index contributed by atoms with van der Waals surface area (Å²) in [7, 11) is 0. The van der Waals surface area contributed by atoms with Gasteiger partial charge in [0.1, 0.15) is 0 Å². The Morgan fingerprint density at radius 2 is 2.67 bits per heavy atom. The van der Waals surface area contributed by atoms with E-state index in [4.69, 9.17) is 0 Å². The van der Waals surface area contributed by atoms with Crippen molar-refractivity contribution < 1.29 is 4.52 Å². The molecule has 0 aliphatic heterocycles. The molecule has 0 aliphatic carbocycles. The van der Waals surface area contributed by atoms with Crippen molar-refractivity contribution in [1.82, 2.24) is 5.16 Å². The van der Waals surface area contributed by atoms with Gasteiger partial charge in [0.25, 0.3) is 0 Å². The van der Waals surface area contributed by atoms with Crippen LogP contribution < -0.4 is 0 Å². The van der Waals surface area contributed by atoms with Crippen molar-refractivity contribution >= 4 is 12.6 Å². The molecular formula is C3H2NOS. The molecule has 31 valence electrons. The van der Waals surface area contributed by atoms with E-state index in [1.54, 1.807) is 6.07 Å². The molecule has 0 bridgehead atoms. The van der Waals surface area contributed by atoms with Crippen LogP contribution in [-0.4, -0.2) is 5.16 Å². The summed E-state index contributed by atoms with van der Waals surface area (Å²) in [6, 6.07) is 1.62. The van der Waals surface area contributed by atoms with E-state index < -0.39 is 0 Å². The number of hydrogen-bond donors (Lipinski definition) is 0. The Morgan fingerprint density at radius 3 is 2.83 bits per heavy atom. The lowest BCUT2D eigenvalue weighted by molar-refractivity contribution is 0.351. The summed E-state index contributed by atoms with van der Waals surface area (Å²) in [5.41, 5.74) is 0. The van der Waals surface area contributed by atoms with E-state index in [-0.39, 0.29) is 0 Å². The average Bonchev–Trinajstić information content (AvgIpc) is 1.86. The second kappa shape index (κ2) is 1.26. The largest absolute Gasteiger partial charge is 0.345 e. The first-order chi connectivity index (χ1) is 2.89. The lowest BCUT2D eigenvalue weighted by Crippen LogP contribution is -1.43. The molecule has 1 aromatic heterocycles. The van der Waals surface area contributed by atoms with Gasteiger partial charge in [-0.15, -0.1) is 0 Å². The van der Waals surface area contributed by atoms with Crippen LogP contribution in [0.1, 0.15) is 0 Å². The molecule has 6 heavy (non-hydrogen) atoms. The van der Waals surface area contributed by atoms with Gasteiger partial charge in [0.05, 0.1) is 6.20 Å². The maximum Gasteiger partial charge on any atom is 0.223 e. The van der Waals surface area contributed by atoms with Gasteiger partial charge >= 0.3 is 0 Å². The van der Waals surface area contributed by atoms with Crippen molar-refractivity contribution in [3.63, 3.8) is 0 Å². The normalized spacial score (nSPS) is 8.67. The van der Waals surface area contributed by atoms with Crippen molar-refractivity contribution in [3.8, 4) is 0 Å². The summed E-state index contributed by atoms with van der Waals surface area (Å²) in [5, 5.41) is 3.78. The van der Waals surface area contributed by atoms with Gasteiger partial charge < -0.3 is 4.52 Å². The quantitative estimate of drug-likeness (QED) is 0.490. The Balaban J connectivity index is 3.05. The molecule has 1 aromatic rings. The van der Waals surface area contributed by atoms with E-state index in [1.807, 2.05) is 0 Å². The Bertz CT molecular complexity index is 114. The lowest BCUT2D eigenvalue weighted by atomic mass is 10.8. The Morgan fingerprint density at radius 1 is 1.83 bits per heavy atom. The molecule has 0 fully saturated rings. The van der Waals surface area contributed by atoms with Crippen LogP contribution in [0, 0.1) is 0 Å². The zero-order chi connectivity index (χ0) is 4.41. The third-order valence-electron chi connectivity index (χ3n) is 0.414. The molecule has 0 saturated carbocycles. The van der Waals surface area contributed by atoms with Crippen molar-refractivity contribution in [2.75, 3.05) is 0 Å². The smallest absolute Gasteiger partial charge is 0.223 e. The zero-order valence-corrected chi connectivity index (χ0v) is 3.73. The molecule has 0 atom stereocenters.